The molecule has 8 heteroatoms. The molecule has 3 amide bonds. The van der Waals surface area contributed by atoms with E-state index in [1.165, 1.54) is 19.2 Å². The smallest absolute Gasteiger partial charge is 0.272 e. The highest BCUT2D eigenvalue weighted by molar-refractivity contribution is 5.98. The minimum Gasteiger partial charge on any atom is -0.346 e. The quantitative estimate of drug-likeness (QED) is 0.859. The van der Waals surface area contributed by atoms with E-state index in [1.807, 2.05) is 18.2 Å². The molecule has 27 heavy (non-hydrogen) atoms. The lowest BCUT2D eigenvalue weighted by molar-refractivity contribution is -0.130. The summed E-state index contributed by atoms with van der Waals surface area (Å²) in [6.07, 6.45) is 3.12. The molecule has 1 saturated heterocycles. The van der Waals surface area contributed by atoms with Crippen LogP contribution in [0.2, 0.25) is 0 Å². The first-order valence-corrected chi connectivity index (χ1v) is 8.73. The van der Waals surface area contributed by atoms with Crippen LogP contribution >= 0.6 is 0 Å². The molecule has 0 saturated carbocycles. The fourth-order valence-electron chi connectivity index (χ4n) is 2.85. The Balaban J connectivity index is 1.62. The Bertz CT molecular complexity index is 832. The summed E-state index contributed by atoms with van der Waals surface area (Å²) in [5.41, 5.74) is 1.34. The summed E-state index contributed by atoms with van der Waals surface area (Å²) in [4.78, 5) is 48.0. The van der Waals surface area contributed by atoms with Crippen molar-refractivity contribution in [1.82, 2.24) is 25.1 Å². The van der Waals surface area contributed by atoms with E-state index in [2.05, 4.69) is 15.3 Å². The van der Waals surface area contributed by atoms with E-state index < -0.39 is 0 Å². The molecule has 8 nitrogen and oxygen atoms in total. The molecule has 1 aliphatic rings. The average molecular weight is 367 g/mol. The van der Waals surface area contributed by atoms with Crippen LogP contribution in [0, 0.1) is 0 Å². The number of hydrogen-bond acceptors (Lipinski definition) is 5. The van der Waals surface area contributed by atoms with Crippen molar-refractivity contribution in [2.24, 2.45) is 0 Å². The zero-order valence-corrected chi connectivity index (χ0v) is 15.1. The summed E-state index contributed by atoms with van der Waals surface area (Å²) in [6, 6.07) is 8.54. The van der Waals surface area contributed by atoms with E-state index in [1.54, 1.807) is 22.1 Å². The molecule has 1 fully saturated rings. The number of rotatable bonds is 4. The van der Waals surface area contributed by atoms with Gasteiger partial charge in [-0.1, -0.05) is 6.07 Å². The summed E-state index contributed by atoms with van der Waals surface area (Å²) >= 11 is 0. The minimum atomic E-state index is -0.293. The van der Waals surface area contributed by atoms with Gasteiger partial charge in [0.25, 0.3) is 11.8 Å². The second-order valence-corrected chi connectivity index (χ2v) is 6.23. The van der Waals surface area contributed by atoms with Crippen LogP contribution in [0.15, 0.2) is 42.7 Å². The Hall–Kier alpha value is -3.29. The number of aromatic nitrogens is 2. The monoisotopic (exact) mass is 367 g/mol. The standard InChI is InChI=1S/C19H21N5O3/c1-14(25)23-8-10-24(11-9-23)19(27)17-12-15(5-7-21-17)18(26)22-13-16-4-2-3-6-20-16/h2-7,12H,8-11,13H2,1H3,(H,22,26). The third kappa shape index (κ3) is 4.66. The van der Waals surface area contributed by atoms with Gasteiger partial charge in [0.15, 0.2) is 0 Å². The highest BCUT2D eigenvalue weighted by Gasteiger charge is 2.24. The van der Waals surface area contributed by atoms with E-state index in [4.69, 9.17) is 0 Å². The Labute approximate surface area is 157 Å². The van der Waals surface area contributed by atoms with Crippen molar-refractivity contribution in [3.05, 3.63) is 59.7 Å². The van der Waals surface area contributed by atoms with Gasteiger partial charge in [0.05, 0.1) is 12.2 Å². The summed E-state index contributed by atoms with van der Waals surface area (Å²) < 4.78 is 0. The molecule has 0 unspecified atom stereocenters. The second-order valence-electron chi connectivity index (χ2n) is 6.23. The van der Waals surface area contributed by atoms with Crippen molar-refractivity contribution in [2.75, 3.05) is 26.2 Å². The Kier molecular flexibility index (Phi) is 5.75. The van der Waals surface area contributed by atoms with E-state index in [0.29, 0.717) is 38.3 Å². The first-order valence-electron chi connectivity index (χ1n) is 8.73. The number of piperazine rings is 1. The number of nitrogens with zero attached hydrogens (tertiary/aromatic N) is 4. The number of carbonyl (C=O) groups is 3. The van der Waals surface area contributed by atoms with Crippen LogP contribution in [0.4, 0.5) is 0 Å². The van der Waals surface area contributed by atoms with Gasteiger partial charge in [-0.05, 0) is 24.3 Å². The molecule has 3 rings (SSSR count). The number of pyridine rings is 2. The molecular formula is C19H21N5O3. The van der Waals surface area contributed by atoms with Crippen LogP contribution in [0.5, 0.6) is 0 Å². The molecule has 0 bridgehead atoms. The van der Waals surface area contributed by atoms with E-state index in [9.17, 15) is 14.4 Å². The number of nitrogens with one attached hydrogen (secondary N) is 1. The van der Waals surface area contributed by atoms with Crippen molar-refractivity contribution in [1.29, 1.82) is 0 Å². The molecule has 0 atom stereocenters. The lowest BCUT2D eigenvalue weighted by Gasteiger charge is -2.34. The van der Waals surface area contributed by atoms with Crippen molar-refractivity contribution in [2.45, 2.75) is 13.5 Å². The molecule has 1 aliphatic heterocycles. The molecular weight excluding hydrogens is 346 g/mol. The molecule has 3 heterocycles. The third-order valence-corrected chi connectivity index (χ3v) is 4.41. The van der Waals surface area contributed by atoms with Crippen molar-refractivity contribution in [3.8, 4) is 0 Å². The first kappa shape index (κ1) is 18.5. The summed E-state index contributed by atoms with van der Waals surface area (Å²) in [5, 5.41) is 2.78. The van der Waals surface area contributed by atoms with Crippen LogP contribution in [-0.2, 0) is 11.3 Å². The fourth-order valence-corrected chi connectivity index (χ4v) is 2.85. The fraction of sp³-hybridized carbons (Fsp3) is 0.316. The topological polar surface area (TPSA) is 95.5 Å². The Morgan fingerprint density at radius 3 is 2.41 bits per heavy atom. The largest absolute Gasteiger partial charge is 0.346 e. The number of carbonyl (C=O) groups excluding carboxylic acids is 3. The molecule has 0 spiro atoms. The number of amides is 3. The third-order valence-electron chi connectivity index (χ3n) is 4.41. The molecule has 2 aromatic rings. The van der Waals surface area contributed by atoms with Gasteiger partial charge in [-0.2, -0.15) is 0 Å². The first-order chi connectivity index (χ1) is 13.0. The van der Waals surface area contributed by atoms with Gasteiger partial charge in [0.1, 0.15) is 5.69 Å². The Morgan fingerprint density at radius 2 is 1.74 bits per heavy atom. The zero-order valence-electron chi connectivity index (χ0n) is 15.1. The van der Waals surface area contributed by atoms with Crippen LogP contribution in [-0.4, -0.2) is 63.7 Å². The maximum absolute atomic E-state index is 12.6. The van der Waals surface area contributed by atoms with Crippen LogP contribution in [0.1, 0.15) is 33.5 Å². The van der Waals surface area contributed by atoms with E-state index in [-0.39, 0.29) is 23.4 Å². The zero-order chi connectivity index (χ0) is 19.2. The number of hydrogen-bond donors (Lipinski definition) is 1. The summed E-state index contributed by atoms with van der Waals surface area (Å²) in [5.74, 6) is -0.525. The van der Waals surface area contributed by atoms with Gasteiger partial charge in [-0.3, -0.25) is 24.4 Å². The normalized spacial score (nSPS) is 14.0. The highest BCUT2D eigenvalue weighted by Crippen LogP contribution is 2.09. The van der Waals surface area contributed by atoms with Gasteiger partial charge in [0, 0.05) is 51.1 Å². The molecule has 0 aromatic carbocycles. The van der Waals surface area contributed by atoms with Crippen LogP contribution in [0.25, 0.3) is 0 Å². The average Bonchev–Trinajstić information content (AvgIpc) is 2.72. The van der Waals surface area contributed by atoms with E-state index in [0.717, 1.165) is 5.69 Å². The van der Waals surface area contributed by atoms with Crippen molar-refractivity contribution >= 4 is 17.7 Å². The predicted molar refractivity (Wildman–Crippen MR) is 97.8 cm³/mol. The lowest BCUT2D eigenvalue weighted by Crippen LogP contribution is -2.50. The molecule has 2 aromatic heterocycles. The highest BCUT2D eigenvalue weighted by atomic mass is 16.2. The summed E-state index contributed by atoms with van der Waals surface area (Å²) in [6.45, 7) is 3.74. The molecule has 140 valence electrons. The second kappa shape index (κ2) is 8.39. The van der Waals surface area contributed by atoms with Crippen LogP contribution < -0.4 is 5.32 Å². The maximum atomic E-state index is 12.6. The van der Waals surface area contributed by atoms with Gasteiger partial charge in [-0.15, -0.1) is 0 Å². The molecule has 0 aliphatic carbocycles. The van der Waals surface area contributed by atoms with Crippen LogP contribution in [0.3, 0.4) is 0 Å². The van der Waals surface area contributed by atoms with Gasteiger partial charge < -0.3 is 15.1 Å². The lowest BCUT2D eigenvalue weighted by atomic mass is 10.2. The van der Waals surface area contributed by atoms with Crippen molar-refractivity contribution < 1.29 is 14.4 Å². The van der Waals surface area contributed by atoms with Gasteiger partial charge >= 0.3 is 0 Å². The van der Waals surface area contributed by atoms with Crippen molar-refractivity contribution in [3.63, 3.8) is 0 Å². The molecule has 0 radical (unpaired) electrons. The van der Waals surface area contributed by atoms with Gasteiger partial charge in [0.2, 0.25) is 5.91 Å². The SMILES string of the molecule is CC(=O)N1CCN(C(=O)c2cc(C(=O)NCc3ccccn3)ccn2)CC1. The minimum absolute atomic E-state index is 0.00629. The molecule has 1 N–H and O–H groups in total. The Morgan fingerprint density at radius 1 is 1.00 bits per heavy atom. The predicted octanol–water partition coefficient (Wildman–Crippen LogP) is 0.711. The summed E-state index contributed by atoms with van der Waals surface area (Å²) in [7, 11) is 0. The maximum Gasteiger partial charge on any atom is 0.272 e. The van der Waals surface area contributed by atoms with E-state index >= 15 is 0 Å². The van der Waals surface area contributed by atoms with Gasteiger partial charge in [-0.25, -0.2) is 0 Å².